The summed E-state index contributed by atoms with van der Waals surface area (Å²) in [7, 11) is 0. The van der Waals surface area contributed by atoms with Gasteiger partial charge in [-0.3, -0.25) is 9.78 Å². The highest BCUT2D eigenvalue weighted by Gasteiger charge is 2.15. The molecule has 3 N–H and O–H groups in total. The Labute approximate surface area is 99.1 Å². The Hall–Kier alpha value is -1.94. The Morgan fingerprint density at radius 2 is 2.24 bits per heavy atom. The number of carboxylic acid groups (broad SMARTS) is 1. The van der Waals surface area contributed by atoms with Crippen molar-refractivity contribution >= 4 is 16.9 Å². The molecular formula is C13H14N2O2. The van der Waals surface area contributed by atoms with E-state index in [0.717, 1.165) is 16.5 Å². The van der Waals surface area contributed by atoms with Crippen molar-refractivity contribution in [2.24, 2.45) is 11.7 Å². The summed E-state index contributed by atoms with van der Waals surface area (Å²) in [6.45, 7) is 0.153. The molecule has 0 spiro atoms. The molecule has 1 aromatic carbocycles. The van der Waals surface area contributed by atoms with E-state index in [2.05, 4.69) is 4.98 Å². The number of benzene rings is 1. The summed E-state index contributed by atoms with van der Waals surface area (Å²) in [4.78, 5) is 15.1. The molecule has 4 heteroatoms. The minimum absolute atomic E-state index is 0.153. The molecule has 0 fully saturated rings. The summed E-state index contributed by atoms with van der Waals surface area (Å²) in [6, 6.07) is 9.60. The zero-order valence-corrected chi connectivity index (χ0v) is 9.34. The minimum Gasteiger partial charge on any atom is -0.481 e. The van der Waals surface area contributed by atoms with E-state index in [0.29, 0.717) is 6.42 Å². The number of aromatic nitrogens is 1. The quantitative estimate of drug-likeness (QED) is 0.833. The average Bonchev–Trinajstić information content (AvgIpc) is 2.35. The molecule has 1 atom stereocenters. The van der Waals surface area contributed by atoms with Gasteiger partial charge in [-0.15, -0.1) is 0 Å². The van der Waals surface area contributed by atoms with Crippen LogP contribution in [0.15, 0.2) is 36.5 Å². The topological polar surface area (TPSA) is 76.2 Å². The number of hydrogen-bond donors (Lipinski definition) is 2. The fraction of sp³-hybridized carbons (Fsp3) is 0.231. The number of pyridine rings is 1. The van der Waals surface area contributed by atoms with Gasteiger partial charge in [0, 0.05) is 18.1 Å². The molecule has 0 aliphatic rings. The lowest BCUT2D eigenvalue weighted by atomic mass is 9.98. The van der Waals surface area contributed by atoms with Crippen LogP contribution in [0.5, 0.6) is 0 Å². The molecule has 1 heterocycles. The third kappa shape index (κ3) is 2.60. The number of rotatable bonds is 4. The lowest BCUT2D eigenvalue weighted by molar-refractivity contribution is -0.141. The fourth-order valence-electron chi connectivity index (χ4n) is 1.81. The highest BCUT2D eigenvalue weighted by Crippen LogP contribution is 2.16. The third-order valence-electron chi connectivity index (χ3n) is 2.78. The van der Waals surface area contributed by atoms with Gasteiger partial charge in [0.2, 0.25) is 0 Å². The lowest BCUT2D eigenvalue weighted by Crippen LogP contribution is -2.25. The van der Waals surface area contributed by atoms with Gasteiger partial charge >= 0.3 is 5.97 Å². The van der Waals surface area contributed by atoms with Crippen LogP contribution in [0.1, 0.15) is 5.56 Å². The van der Waals surface area contributed by atoms with Crippen LogP contribution in [-0.2, 0) is 11.2 Å². The highest BCUT2D eigenvalue weighted by molar-refractivity contribution is 5.79. The molecule has 0 aliphatic heterocycles. The molecule has 0 saturated heterocycles. The first-order valence-electron chi connectivity index (χ1n) is 5.47. The van der Waals surface area contributed by atoms with Gasteiger partial charge < -0.3 is 10.8 Å². The maximum absolute atomic E-state index is 10.9. The minimum atomic E-state index is -0.848. The summed E-state index contributed by atoms with van der Waals surface area (Å²) in [6.07, 6.45) is 2.19. The van der Waals surface area contributed by atoms with E-state index in [1.165, 1.54) is 0 Å². The molecule has 1 aromatic heterocycles. The van der Waals surface area contributed by atoms with Gasteiger partial charge in [-0.25, -0.2) is 0 Å². The van der Waals surface area contributed by atoms with E-state index in [4.69, 9.17) is 10.8 Å². The number of hydrogen-bond acceptors (Lipinski definition) is 3. The monoisotopic (exact) mass is 230 g/mol. The number of nitrogens with two attached hydrogens (primary N) is 1. The normalized spacial score (nSPS) is 12.5. The second-order valence-corrected chi connectivity index (χ2v) is 4.01. The SMILES string of the molecule is NCC(Cc1ccc2ncccc2c1)C(=O)O. The van der Waals surface area contributed by atoms with E-state index in [1.807, 2.05) is 30.3 Å². The zero-order valence-electron chi connectivity index (χ0n) is 9.34. The number of fused-ring (bicyclic) bond motifs is 1. The molecule has 0 radical (unpaired) electrons. The van der Waals surface area contributed by atoms with Gasteiger partial charge in [0.05, 0.1) is 11.4 Å². The summed E-state index contributed by atoms with van der Waals surface area (Å²) in [5, 5.41) is 9.98. The molecule has 88 valence electrons. The van der Waals surface area contributed by atoms with E-state index >= 15 is 0 Å². The first-order valence-corrected chi connectivity index (χ1v) is 5.47. The summed E-state index contributed by atoms with van der Waals surface area (Å²) >= 11 is 0. The zero-order chi connectivity index (χ0) is 12.3. The molecule has 2 rings (SSSR count). The van der Waals surface area contributed by atoms with Gasteiger partial charge in [0.15, 0.2) is 0 Å². The Bertz CT molecular complexity index is 540. The fourth-order valence-corrected chi connectivity index (χ4v) is 1.81. The van der Waals surface area contributed by atoms with Gasteiger partial charge in [0.25, 0.3) is 0 Å². The second-order valence-electron chi connectivity index (χ2n) is 4.01. The standard InChI is InChI=1S/C13H14N2O2/c14-8-11(13(16)17)7-9-3-4-12-10(6-9)2-1-5-15-12/h1-6,11H,7-8,14H2,(H,16,17). The summed E-state index contributed by atoms with van der Waals surface area (Å²) in [5.41, 5.74) is 7.33. The largest absolute Gasteiger partial charge is 0.481 e. The van der Waals surface area contributed by atoms with E-state index in [-0.39, 0.29) is 6.54 Å². The van der Waals surface area contributed by atoms with E-state index < -0.39 is 11.9 Å². The van der Waals surface area contributed by atoms with Crippen LogP contribution in [0.4, 0.5) is 0 Å². The van der Waals surface area contributed by atoms with Crippen molar-refractivity contribution in [1.29, 1.82) is 0 Å². The van der Waals surface area contributed by atoms with E-state index in [9.17, 15) is 4.79 Å². The molecule has 0 saturated carbocycles. The van der Waals surface area contributed by atoms with Crippen LogP contribution in [0, 0.1) is 5.92 Å². The molecule has 4 nitrogen and oxygen atoms in total. The maximum Gasteiger partial charge on any atom is 0.308 e. The molecule has 0 bridgehead atoms. The van der Waals surface area contributed by atoms with E-state index in [1.54, 1.807) is 6.20 Å². The highest BCUT2D eigenvalue weighted by atomic mass is 16.4. The number of carboxylic acids is 1. The van der Waals surface area contributed by atoms with Gasteiger partial charge in [-0.1, -0.05) is 12.1 Å². The lowest BCUT2D eigenvalue weighted by Gasteiger charge is -2.09. The summed E-state index contributed by atoms with van der Waals surface area (Å²) in [5.74, 6) is -1.37. The van der Waals surface area contributed by atoms with Gasteiger partial charge in [0.1, 0.15) is 0 Å². The first-order chi connectivity index (χ1) is 8.20. The first kappa shape index (κ1) is 11.5. The Kier molecular flexibility index (Phi) is 3.35. The smallest absolute Gasteiger partial charge is 0.308 e. The van der Waals surface area contributed by atoms with Crippen molar-refractivity contribution in [3.63, 3.8) is 0 Å². The average molecular weight is 230 g/mol. The van der Waals surface area contributed by atoms with Crippen LogP contribution < -0.4 is 5.73 Å². The van der Waals surface area contributed by atoms with Crippen molar-refractivity contribution in [2.45, 2.75) is 6.42 Å². The van der Waals surface area contributed by atoms with Crippen molar-refractivity contribution in [1.82, 2.24) is 4.98 Å². The van der Waals surface area contributed by atoms with Crippen molar-refractivity contribution in [3.05, 3.63) is 42.1 Å². The molecule has 0 aliphatic carbocycles. The molecule has 1 unspecified atom stereocenters. The van der Waals surface area contributed by atoms with Crippen molar-refractivity contribution < 1.29 is 9.90 Å². The Morgan fingerprint density at radius 1 is 1.41 bits per heavy atom. The van der Waals surface area contributed by atoms with Crippen LogP contribution in [0.3, 0.4) is 0 Å². The van der Waals surface area contributed by atoms with Crippen LogP contribution in [0.25, 0.3) is 10.9 Å². The second kappa shape index (κ2) is 4.93. The Balaban J connectivity index is 2.27. The predicted molar refractivity (Wildman–Crippen MR) is 65.6 cm³/mol. The maximum atomic E-state index is 10.9. The van der Waals surface area contributed by atoms with Crippen molar-refractivity contribution in [3.8, 4) is 0 Å². The van der Waals surface area contributed by atoms with Crippen molar-refractivity contribution in [2.75, 3.05) is 6.54 Å². The molecule has 2 aromatic rings. The van der Waals surface area contributed by atoms with Crippen LogP contribution >= 0.6 is 0 Å². The summed E-state index contributed by atoms with van der Waals surface area (Å²) < 4.78 is 0. The van der Waals surface area contributed by atoms with Gasteiger partial charge in [-0.2, -0.15) is 0 Å². The number of nitrogens with zero attached hydrogens (tertiary/aromatic N) is 1. The third-order valence-corrected chi connectivity index (χ3v) is 2.78. The predicted octanol–water partition coefficient (Wildman–Crippen LogP) is 1.44. The molecular weight excluding hydrogens is 216 g/mol. The Morgan fingerprint density at radius 3 is 2.94 bits per heavy atom. The van der Waals surface area contributed by atoms with Crippen LogP contribution in [-0.4, -0.2) is 22.6 Å². The number of carbonyl (C=O) groups is 1. The van der Waals surface area contributed by atoms with Gasteiger partial charge in [-0.05, 0) is 30.2 Å². The number of aliphatic carboxylic acids is 1. The molecule has 17 heavy (non-hydrogen) atoms. The van der Waals surface area contributed by atoms with Crippen LogP contribution in [0.2, 0.25) is 0 Å². The molecule has 0 amide bonds.